The fourth-order valence-electron chi connectivity index (χ4n) is 5.49. The molecule has 3 aliphatic rings. The minimum atomic E-state index is -4.55. The zero-order chi connectivity index (χ0) is 24.7. The highest BCUT2D eigenvalue weighted by atomic mass is 35.5. The molecule has 1 aliphatic carbocycles. The van der Waals surface area contributed by atoms with Crippen LogP contribution in [-0.4, -0.2) is 50.7 Å². The van der Waals surface area contributed by atoms with Gasteiger partial charge in [0.15, 0.2) is 5.69 Å². The molecular weight excluding hydrogens is 485 g/mol. The van der Waals surface area contributed by atoms with Gasteiger partial charge in [-0.25, -0.2) is 4.79 Å². The molecule has 2 atom stereocenters. The normalized spacial score (nSPS) is 22.1. The summed E-state index contributed by atoms with van der Waals surface area (Å²) in [6.45, 7) is 1.59. The summed E-state index contributed by atoms with van der Waals surface area (Å²) in [7, 11) is 0. The van der Waals surface area contributed by atoms with Gasteiger partial charge in [-0.1, -0.05) is 18.0 Å². The largest absolute Gasteiger partial charge is 0.445 e. The standard InChI is InChI=1S/C24H26ClF3N4O3/c25-18-10-15(9-17(11-18)24(26,27)28)14-35-23(34)30-6-2-7-32-19(13-30)12-20(29-32)22(33)31-8-5-16-3-1-4-21(16)31/h9-12,16,21H,1-8,13-14H2. The van der Waals surface area contributed by atoms with Crippen molar-refractivity contribution in [2.24, 2.45) is 5.92 Å². The molecule has 3 heterocycles. The van der Waals surface area contributed by atoms with Crippen LogP contribution in [0.25, 0.3) is 0 Å². The predicted octanol–water partition coefficient (Wildman–Crippen LogP) is 5.11. The average Bonchev–Trinajstić information content (AvgIpc) is 3.49. The topological polar surface area (TPSA) is 67.7 Å². The lowest BCUT2D eigenvalue weighted by atomic mass is 10.0. The van der Waals surface area contributed by atoms with Crippen molar-refractivity contribution in [1.82, 2.24) is 19.6 Å². The molecule has 2 aliphatic heterocycles. The maximum absolute atomic E-state index is 13.1. The summed E-state index contributed by atoms with van der Waals surface area (Å²) in [5.41, 5.74) is 0.379. The lowest BCUT2D eigenvalue weighted by Crippen LogP contribution is -2.36. The molecule has 7 nitrogen and oxygen atoms in total. The summed E-state index contributed by atoms with van der Waals surface area (Å²) < 4.78 is 46.2. The molecule has 0 bridgehead atoms. The Morgan fingerprint density at radius 1 is 1.06 bits per heavy atom. The second-order valence-corrected chi connectivity index (χ2v) is 9.90. The minimum Gasteiger partial charge on any atom is -0.445 e. The first-order valence-electron chi connectivity index (χ1n) is 11.8. The Bertz CT molecular complexity index is 1140. The number of rotatable bonds is 3. The maximum atomic E-state index is 13.1. The number of carbonyl (C=O) groups is 2. The summed E-state index contributed by atoms with van der Waals surface area (Å²) in [5, 5.41) is 4.44. The number of hydrogen-bond donors (Lipinski definition) is 0. The number of aromatic nitrogens is 2. The van der Waals surface area contributed by atoms with E-state index in [1.165, 1.54) is 17.4 Å². The monoisotopic (exact) mass is 510 g/mol. The Morgan fingerprint density at radius 3 is 2.69 bits per heavy atom. The molecule has 2 aromatic rings. The molecule has 188 valence electrons. The van der Waals surface area contributed by atoms with Crippen LogP contribution in [-0.2, 0) is 30.6 Å². The third-order valence-electron chi connectivity index (χ3n) is 7.16. The van der Waals surface area contributed by atoms with Gasteiger partial charge < -0.3 is 14.5 Å². The molecule has 35 heavy (non-hydrogen) atoms. The zero-order valence-corrected chi connectivity index (χ0v) is 19.8. The van der Waals surface area contributed by atoms with Gasteiger partial charge in [0.05, 0.1) is 17.8 Å². The van der Waals surface area contributed by atoms with Crippen LogP contribution < -0.4 is 0 Å². The second-order valence-electron chi connectivity index (χ2n) is 9.47. The summed E-state index contributed by atoms with van der Waals surface area (Å²) in [5.74, 6) is 0.534. The van der Waals surface area contributed by atoms with Crippen LogP contribution in [0, 0.1) is 5.92 Å². The minimum absolute atomic E-state index is 0.0597. The molecule has 0 N–H and O–H groups in total. The lowest BCUT2D eigenvalue weighted by molar-refractivity contribution is -0.137. The van der Waals surface area contributed by atoms with E-state index in [1.54, 1.807) is 10.7 Å². The Kier molecular flexibility index (Phi) is 6.41. The lowest BCUT2D eigenvalue weighted by Gasteiger charge is -2.23. The molecule has 11 heteroatoms. The van der Waals surface area contributed by atoms with E-state index in [1.807, 2.05) is 4.90 Å². The second kappa shape index (κ2) is 9.37. The van der Waals surface area contributed by atoms with E-state index in [9.17, 15) is 22.8 Å². The summed E-state index contributed by atoms with van der Waals surface area (Å²) in [6.07, 6.45) is -0.159. The van der Waals surface area contributed by atoms with Crippen molar-refractivity contribution in [3.05, 3.63) is 51.8 Å². The van der Waals surface area contributed by atoms with E-state index in [-0.39, 0.29) is 29.6 Å². The number of fused-ring (bicyclic) bond motifs is 2. The third-order valence-corrected chi connectivity index (χ3v) is 7.38. The quantitative estimate of drug-likeness (QED) is 0.575. The molecular formula is C24H26ClF3N4O3. The number of alkyl halides is 3. The highest BCUT2D eigenvalue weighted by molar-refractivity contribution is 6.30. The summed E-state index contributed by atoms with van der Waals surface area (Å²) in [6, 6.07) is 5.13. The van der Waals surface area contributed by atoms with Crippen molar-refractivity contribution in [3.63, 3.8) is 0 Å². The number of ether oxygens (including phenoxy) is 1. The first kappa shape index (κ1) is 24.0. The predicted molar refractivity (Wildman–Crippen MR) is 121 cm³/mol. The van der Waals surface area contributed by atoms with Gasteiger partial charge in [0.25, 0.3) is 5.91 Å². The number of aryl methyl sites for hydroxylation is 1. The van der Waals surface area contributed by atoms with E-state index in [0.29, 0.717) is 37.2 Å². The fourth-order valence-corrected chi connectivity index (χ4v) is 5.75. The van der Waals surface area contributed by atoms with E-state index in [4.69, 9.17) is 16.3 Å². The highest BCUT2D eigenvalue weighted by Crippen LogP contribution is 2.38. The number of amides is 2. The Labute approximate surface area is 205 Å². The number of hydrogen-bond acceptors (Lipinski definition) is 4. The molecule has 1 aromatic carbocycles. The Balaban J connectivity index is 1.24. The summed E-state index contributed by atoms with van der Waals surface area (Å²) >= 11 is 5.81. The van der Waals surface area contributed by atoms with Crippen LogP contribution in [0.1, 0.15) is 59.4 Å². The van der Waals surface area contributed by atoms with Crippen molar-refractivity contribution in [2.75, 3.05) is 13.1 Å². The SMILES string of the molecule is O=C(OCc1cc(Cl)cc(C(F)(F)F)c1)N1CCCn2nc(C(=O)N3CCC4CCCC43)cc2C1. The van der Waals surface area contributed by atoms with Gasteiger partial charge in [-0.05, 0) is 61.4 Å². The Hall–Kier alpha value is -2.75. The van der Waals surface area contributed by atoms with Crippen LogP contribution in [0.4, 0.5) is 18.0 Å². The van der Waals surface area contributed by atoms with Crippen molar-refractivity contribution in [1.29, 1.82) is 0 Å². The van der Waals surface area contributed by atoms with E-state index in [2.05, 4.69) is 5.10 Å². The molecule has 5 rings (SSSR count). The van der Waals surface area contributed by atoms with Gasteiger partial charge >= 0.3 is 12.3 Å². The number of benzene rings is 1. The van der Waals surface area contributed by atoms with Crippen molar-refractivity contribution < 1.29 is 27.5 Å². The first-order chi connectivity index (χ1) is 16.7. The number of nitrogens with zero attached hydrogens (tertiary/aromatic N) is 4. The van der Waals surface area contributed by atoms with Crippen molar-refractivity contribution in [2.45, 2.75) is 64.0 Å². The van der Waals surface area contributed by atoms with Gasteiger partial charge in [0, 0.05) is 30.7 Å². The Morgan fingerprint density at radius 2 is 1.89 bits per heavy atom. The fraction of sp³-hybridized carbons (Fsp3) is 0.542. The summed E-state index contributed by atoms with van der Waals surface area (Å²) in [4.78, 5) is 29.3. The van der Waals surface area contributed by atoms with Crippen LogP contribution in [0.2, 0.25) is 5.02 Å². The molecule has 2 fully saturated rings. The van der Waals surface area contributed by atoms with Crippen LogP contribution in [0.3, 0.4) is 0 Å². The van der Waals surface area contributed by atoms with E-state index < -0.39 is 17.8 Å². The van der Waals surface area contributed by atoms with Gasteiger partial charge in [-0.3, -0.25) is 9.48 Å². The van der Waals surface area contributed by atoms with Gasteiger partial charge in [-0.2, -0.15) is 18.3 Å². The smallest absolute Gasteiger partial charge is 0.416 e. The molecule has 1 saturated heterocycles. The van der Waals surface area contributed by atoms with E-state index in [0.717, 1.165) is 43.6 Å². The molecule has 1 saturated carbocycles. The van der Waals surface area contributed by atoms with Crippen LogP contribution in [0.15, 0.2) is 24.3 Å². The molecule has 0 radical (unpaired) electrons. The average molecular weight is 511 g/mol. The molecule has 1 aromatic heterocycles. The maximum Gasteiger partial charge on any atom is 0.416 e. The van der Waals surface area contributed by atoms with Gasteiger partial charge in [-0.15, -0.1) is 0 Å². The molecule has 2 amide bonds. The van der Waals surface area contributed by atoms with Crippen LogP contribution in [0.5, 0.6) is 0 Å². The number of halogens is 4. The number of likely N-dealkylation sites (tertiary alicyclic amines) is 1. The van der Waals surface area contributed by atoms with Crippen molar-refractivity contribution >= 4 is 23.6 Å². The number of carbonyl (C=O) groups excluding carboxylic acids is 2. The highest BCUT2D eigenvalue weighted by Gasteiger charge is 2.41. The van der Waals surface area contributed by atoms with Crippen molar-refractivity contribution in [3.8, 4) is 0 Å². The third kappa shape index (κ3) is 4.98. The van der Waals surface area contributed by atoms with Crippen LogP contribution >= 0.6 is 11.6 Å². The first-order valence-corrected chi connectivity index (χ1v) is 12.2. The molecule has 2 unspecified atom stereocenters. The molecule has 0 spiro atoms. The zero-order valence-electron chi connectivity index (χ0n) is 19.1. The van der Waals surface area contributed by atoms with Gasteiger partial charge in [0.2, 0.25) is 0 Å². The van der Waals surface area contributed by atoms with Gasteiger partial charge in [0.1, 0.15) is 6.61 Å². The van der Waals surface area contributed by atoms with E-state index >= 15 is 0 Å².